The van der Waals surface area contributed by atoms with E-state index in [0.717, 1.165) is 11.3 Å². The van der Waals surface area contributed by atoms with Gasteiger partial charge in [-0.15, -0.1) is 0 Å². The number of hydrogen-bond acceptors (Lipinski definition) is 3. The molecule has 0 unspecified atom stereocenters. The molecule has 0 saturated heterocycles. The van der Waals surface area contributed by atoms with Gasteiger partial charge >= 0.3 is 0 Å². The smallest absolute Gasteiger partial charge is 0.243 e. The molecule has 2 aromatic rings. The maximum absolute atomic E-state index is 12.2. The molecule has 0 aliphatic heterocycles. The fourth-order valence-electron chi connectivity index (χ4n) is 2.03. The lowest BCUT2D eigenvalue weighted by Crippen LogP contribution is -2.22. The van der Waals surface area contributed by atoms with Gasteiger partial charge in [-0.05, 0) is 42.7 Å². The summed E-state index contributed by atoms with van der Waals surface area (Å²) in [6.45, 7) is 6.85. The van der Waals surface area contributed by atoms with Gasteiger partial charge in [0.2, 0.25) is 5.91 Å². The first-order valence-electron chi connectivity index (χ1n) is 7.97. The molecule has 5 heteroatoms. The molecule has 0 radical (unpaired) electrons. The average Bonchev–Trinajstić information content (AvgIpc) is 2.55. The lowest BCUT2D eigenvalue weighted by molar-refractivity contribution is -0.114. The standard InChI is InChI=1S/C19H23ClN2O2/c1-13(2)12-24-18-7-5-4-6-17(18)22-19(23)11-21-15-9-8-14(3)16(20)10-15/h4-10,13,21H,11-12H2,1-3H3,(H,22,23). The van der Waals surface area contributed by atoms with Crippen LogP contribution in [0.5, 0.6) is 5.75 Å². The predicted octanol–water partition coefficient (Wildman–Crippen LogP) is 4.73. The van der Waals surface area contributed by atoms with Gasteiger partial charge in [0.1, 0.15) is 5.75 Å². The minimum absolute atomic E-state index is 0.146. The van der Waals surface area contributed by atoms with Crippen LogP contribution in [0.3, 0.4) is 0 Å². The van der Waals surface area contributed by atoms with Gasteiger partial charge in [0.05, 0.1) is 18.8 Å². The van der Waals surface area contributed by atoms with E-state index in [1.165, 1.54) is 0 Å². The Kier molecular flexibility index (Phi) is 6.50. The highest BCUT2D eigenvalue weighted by Crippen LogP contribution is 2.24. The van der Waals surface area contributed by atoms with Crippen LogP contribution in [0.15, 0.2) is 42.5 Å². The van der Waals surface area contributed by atoms with Crippen LogP contribution in [0.4, 0.5) is 11.4 Å². The summed E-state index contributed by atoms with van der Waals surface area (Å²) >= 11 is 6.08. The molecule has 2 rings (SSSR count). The van der Waals surface area contributed by atoms with E-state index < -0.39 is 0 Å². The highest BCUT2D eigenvalue weighted by atomic mass is 35.5. The van der Waals surface area contributed by atoms with Gasteiger partial charge in [-0.3, -0.25) is 4.79 Å². The third kappa shape index (κ3) is 5.46. The van der Waals surface area contributed by atoms with Gasteiger partial charge in [-0.1, -0.05) is 43.6 Å². The molecular weight excluding hydrogens is 324 g/mol. The van der Waals surface area contributed by atoms with Crippen molar-refractivity contribution in [2.45, 2.75) is 20.8 Å². The molecule has 128 valence electrons. The zero-order valence-electron chi connectivity index (χ0n) is 14.2. The summed E-state index contributed by atoms with van der Waals surface area (Å²) in [5, 5.41) is 6.61. The van der Waals surface area contributed by atoms with Crippen molar-refractivity contribution in [1.29, 1.82) is 0 Å². The van der Waals surface area contributed by atoms with E-state index in [1.54, 1.807) is 0 Å². The van der Waals surface area contributed by atoms with Crippen molar-refractivity contribution < 1.29 is 9.53 Å². The lowest BCUT2D eigenvalue weighted by atomic mass is 10.2. The van der Waals surface area contributed by atoms with Crippen LogP contribution in [0.2, 0.25) is 5.02 Å². The highest BCUT2D eigenvalue weighted by molar-refractivity contribution is 6.31. The first-order valence-corrected chi connectivity index (χ1v) is 8.35. The largest absolute Gasteiger partial charge is 0.491 e. The van der Waals surface area contributed by atoms with Crippen molar-refractivity contribution in [3.05, 3.63) is 53.1 Å². The van der Waals surface area contributed by atoms with Crippen LogP contribution in [0.1, 0.15) is 19.4 Å². The van der Waals surface area contributed by atoms with Gasteiger partial charge in [0.25, 0.3) is 0 Å². The number of halogens is 1. The zero-order chi connectivity index (χ0) is 17.5. The molecule has 0 heterocycles. The van der Waals surface area contributed by atoms with Gasteiger partial charge in [-0.2, -0.15) is 0 Å². The molecular formula is C19H23ClN2O2. The number of carbonyl (C=O) groups is 1. The van der Waals surface area contributed by atoms with Crippen molar-refractivity contribution in [2.24, 2.45) is 5.92 Å². The average molecular weight is 347 g/mol. The van der Waals surface area contributed by atoms with Crippen LogP contribution in [0, 0.1) is 12.8 Å². The molecule has 0 saturated carbocycles. The Morgan fingerprint density at radius 1 is 1.21 bits per heavy atom. The molecule has 2 N–H and O–H groups in total. The van der Waals surface area contributed by atoms with Crippen LogP contribution < -0.4 is 15.4 Å². The van der Waals surface area contributed by atoms with E-state index in [9.17, 15) is 4.79 Å². The summed E-state index contributed by atoms with van der Waals surface area (Å²) in [7, 11) is 0. The zero-order valence-corrected chi connectivity index (χ0v) is 15.0. The quantitative estimate of drug-likeness (QED) is 0.761. The maximum atomic E-state index is 12.2. The number of anilines is 2. The fraction of sp³-hybridized carbons (Fsp3) is 0.316. The Bertz CT molecular complexity index is 702. The first kappa shape index (κ1) is 18.1. The minimum Gasteiger partial charge on any atom is -0.491 e. The van der Waals surface area contributed by atoms with Crippen molar-refractivity contribution in [3.8, 4) is 5.75 Å². The van der Waals surface area contributed by atoms with E-state index >= 15 is 0 Å². The molecule has 0 fully saturated rings. The Morgan fingerprint density at radius 2 is 1.96 bits per heavy atom. The number of amides is 1. The van der Waals surface area contributed by atoms with Crippen LogP contribution in [-0.4, -0.2) is 19.1 Å². The van der Waals surface area contributed by atoms with E-state index in [1.807, 2.05) is 49.4 Å². The highest BCUT2D eigenvalue weighted by Gasteiger charge is 2.08. The molecule has 1 amide bonds. The second-order valence-corrected chi connectivity index (χ2v) is 6.47. The Morgan fingerprint density at radius 3 is 2.67 bits per heavy atom. The summed E-state index contributed by atoms with van der Waals surface area (Å²) in [5.74, 6) is 0.951. The van der Waals surface area contributed by atoms with Crippen molar-refractivity contribution >= 4 is 28.9 Å². The third-order valence-corrected chi connectivity index (χ3v) is 3.77. The monoisotopic (exact) mass is 346 g/mol. The third-order valence-electron chi connectivity index (χ3n) is 3.36. The molecule has 2 aromatic carbocycles. The fourth-order valence-corrected chi connectivity index (χ4v) is 2.21. The van der Waals surface area contributed by atoms with Gasteiger partial charge < -0.3 is 15.4 Å². The van der Waals surface area contributed by atoms with Crippen molar-refractivity contribution in [3.63, 3.8) is 0 Å². The number of carbonyl (C=O) groups excluding carboxylic acids is 1. The number of ether oxygens (including phenoxy) is 1. The summed E-state index contributed by atoms with van der Waals surface area (Å²) in [5.41, 5.74) is 2.49. The number of benzene rings is 2. The van der Waals surface area contributed by atoms with Gasteiger partial charge in [0, 0.05) is 10.7 Å². The number of aryl methyl sites for hydroxylation is 1. The van der Waals surface area contributed by atoms with Gasteiger partial charge in [0.15, 0.2) is 0 Å². The molecule has 0 aromatic heterocycles. The lowest BCUT2D eigenvalue weighted by Gasteiger charge is -2.14. The molecule has 0 aliphatic carbocycles. The maximum Gasteiger partial charge on any atom is 0.243 e. The summed E-state index contributed by atoms with van der Waals surface area (Å²) in [6.07, 6.45) is 0. The SMILES string of the molecule is Cc1ccc(NCC(=O)Nc2ccccc2OCC(C)C)cc1Cl. The van der Waals surface area contributed by atoms with E-state index in [2.05, 4.69) is 24.5 Å². The summed E-state index contributed by atoms with van der Waals surface area (Å²) < 4.78 is 5.74. The molecule has 0 bridgehead atoms. The topological polar surface area (TPSA) is 50.4 Å². The van der Waals surface area contributed by atoms with Crippen molar-refractivity contribution in [2.75, 3.05) is 23.8 Å². The first-order chi connectivity index (χ1) is 11.5. The van der Waals surface area contributed by atoms with Crippen LogP contribution in [-0.2, 0) is 4.79 Å². The van der Waals surface area contributed by atoms with E-state index in [-0.39, 0.29) is 12.5 Å². The van der Waals surface area contributed by atoms with Crippen molar-refractivity contribution in [1.82, 2.24) is 0 Å². The normalized spacial score (nSPS) is 10.5. The van der Waals surface area contributed by atoms with Crippen LogP contribution in [0.25, 0.3) is 0 Å². The predicted molar refractivity (Wildman–Crippen MR) is 100 cm³/mol. The number of hydrogen-bond donors (Lipinski definition) is 2. The molecule has 0 atom stereocenters. The molecule has 24 heavy (non-hydrogen) atoms. The van der Waals surface area contributed by atoms with Crippen LogP contribution >= 0.6 is 11.6 Å². The Hall–Kier alpha value is -2.20. The summed E-state index contributed by atoms with van der Waals surface area (Å²) in [4.78, 5) is 12.2. The number of rotatable bonds is 7. The van der Waals surface area contributed by atoms with Gasteiger partial charge in [-0.25, -0.2) is 0 Å². The van der Waals surface area contributed by atoms with E-state index in [4.69, 9.17) is 16.3 Å². The Balaban J connectivity index is 1.93. The second kappa shape index (κ2) is 8.60. The second-order valence-electron chi connectivity index (χ2n) is 6.07. The molecule has 0 spiro atoms. The molecule has 4 nitrogen and oxygen atoms in total. The minimum atomic E-state index is -0.146. The number of para-hydroxylation sites is 2. The van der Waals surface area contributed by atoms with E-state index in [0.29, 0.717) is 29.0 Å². The Labute approximate surface area is 148 Å². The number of nitrogens with one attached hydrogen (secondary N) is 2. The summed E-state index contributed by atoms with van der Waals surface area (Å²) in [6, 6.07) is 13.1. The molecule has 0 aliphatic rings.